The van der Waals surface area contributed by atoms with Gasteiger partial charge in [0.2, 0.25) is 0 Å². The zero-order valence-corrected chi connectivity index (χ0v) is 10.5. The molecule has 3 heteroatoms. The second kappa shape index (κ2) is 6.37. The van der Waals surface area contributed by atoms with Gasteiger partial charge in [-0.05, 0) is 30.2 Å². The molecule has 0 aliphatic rings. The standard InChI is InChI=1S/C12H17Cl2N/c1-2-3-4-5-12(15)9-6-10(13)8-11(14)7-9/h6-8,12H,2-5,15H2,1H3/t12-/m0/s1. The van der Waals surface area contributed by atoms with Gasteiger partial charge in [-0.2, -0.15) is 0 Å². The molecule has 0 spiro atoms. The lowest BCUT2D eigenvalue weighted by Gasteiger charge is -2.12. The third kappa shape index (κ3) is 4.42. The van der Waals surface area contributed by atoms with Crippen molar-refractivity contribution in [3.05, 3.63) is 33.8 Å². The van der Waals surface area contributed by atoms with Crippen LogP contribution in [0.25, 0.3) is 0 Å². The van der Waals surface area contributed by atoms with Crippen molar-refractivity contribution in [2.75, 3.05) is 0 Å². The first-order valence-corrected chi connectivity index (χ1v) is 6.10. The summed E-state index contributed by atoms with van der Waals surface area (Å²) in [6.45, 7) is 2.18. The van der Waals surface area contributed by atoms with E-state index in [0.717, 1.165) is 18.4 Å². The van der Waals surface area contributed by atoms with E-state index in [4.69, 9.17) is 28.9 Å². The van der Waals surface area contributed by atoms with Gasteiger partial charge < -0.3 is 5.73 Å². The summed E-state index contributed by atoms with van der Waals surface area (Å²) in [6, 6.07) is 5.56. The Balaban J connectivity index is 2.60. The lowest BCUT2D eigenvalue weighted by Crippen LogP contribution is -2.10. The predicted molar refractivity (Wildman–Crippen MR) is 67.5 cm³/mol. The van der Waals surface area contributed by atoms with Crippen LogP contribution in [-0.2, 0) is 0 Å². The maximum Gasteiger partial charge on any atom is 0.0424 e. The van der Waals surface area contributed by atoms with Crippen molar-refractivity contribution in [1.29, 1.82) is 0 Å². The molecule has 0 bridgehead atoms. The molecule has 0 amide bonds. The smallest absolute Gasteiger partial charge is 0.0424 e. The molecule has 0 saturated carbocycles. The Morgan fingerprint density at radius 1 is 1.13 bits per heavy atom. The molecule has 1 atom stereocenters. The molecule has 0 saturated heterocycles. The Morgan fingerprint density at radius 2 is 1.73 bits per heavy atom. The van der Waals surface area contributed by atoms with Crippen LogP contribution in [-0.4, -0.2) is 0 Å². The average Bonchev–Trinajstić information content (AvgIpc) is 2.16. The van der Waals surface area contributed by atoms with Crippen LogP contribution in [0.5, 0.6) is 0 Å². The molecule has 84 valence electrons. The average molecular weight is 246 g/mol. The van der Waals surface area contributed by atoms with Gasteiger partial charge in [-0.15, -0.1) is 0 Å². The molecule has 0 heterocycles. The third-order valence-corrected chi connectivity index (χ3v) is 2.87. The number of benzene rings is 1. The van der Waals surface area contributed by atoms with Crippen LogP contribution < -0.4 is 5.73 Å². The monoisotopic (exact) mass is 245 g/mol. The van der Waals surface area contributed by atoms with Gasteiger partial charge in [0.25, 0.3) is 0 Å². The van der Waals surface area contributed by atoms with Crippen LogP contribution in [0.1, 0.15) is 44.2 Å². The Morgan fingerprint density at radius 3 is 2.27 bits per heavy atom. The molecule has 2 N–H and O–H groups in total. The van der Waals surface area contributed by atoms with E-state index in [1.807, 2.05) is 12.1 Å². The summed E-state index contributed by atoms with van der Waals surface area (Å²) >= 11 is 11.8. The fourth-order valence-electron chi connectivity index (χ4n) is 1.57. The Bertz CT molecular complexity index is 292. The van der Waals surface area contributed by atoms with Crippen LogP contribution in [0.2, 0.25) is 10.0 Å². The topological polar surface area (TPSA) is 26.0 Å². The van der Waals surface area contributed by atoms with Gasteiger partial charge in [0.15, 0.2) is 0 Å². The number of hydrogen-bond donors (Lipinski definition) is 1. The molecule has 1 rings (SSSR count). The molecule has 1 aromatic carbocycles. The van der Waals surface area contributed by atoms with Crippen LogP contribution >= 0.6 is 23.2 Å². The number of hydrogen-bond acceptors (Lipinski definition) is 1. The number of unbranched alkanes of at least 4 members (excludes halogenated alkanes) is 2. The Hall–Kier alpha value is -0.240. The zero-order valence-electron chi connectivity index (χ0n) is 8.97. The van der Waals surface area contributed by atoms with Gasteiger partial charge in [-0.1, -0.05) is 49.4 Å². The highest BCUT2D eigenvalue weighted by molar-refractivity contribution is 6.34. The van der Waals surface area contributed by atoms with Crippen molar-refractivity contribution < 1.29 is 0 Å². The summed E-state index contributed by atoms with van der Waals surface area (Å²) in [7, 11) is 0. The highest BCUT2D eigenvalue weighted by Crippen LogP contribution is 2.25. The lowest BCUT2D eigenvalue weighted by molar-refractivity contribution is 0.581. The molecular weight excluding hydrogens is 229 g/mol. The molecule has 1 nitrogen and oxygen atoms in total. The first-order valence-electron chi connectivity index (χ1n) is 5.35. The summed E-state index contributed by atoms with van der Waals surface area (Å²) < 4.78 is 0. The van der Waals surface area contributed by atoms with Crippen molar-refractivity contribution >= 4 is 23.2 Å². The maximum atomic E-state index is 6.06. The van der Waals surface area contributed by atoms with Gasteiger partial charge in [0.05, 0.1) is 0 Å². The van der Waals surface area contributed by atoms with Crippen molar-refractivity contribution in [2.24, 2.45) is 5.73 Å². The highest BCUT2D eigenvalue weighted by Gasteiger charge is 2.07. The number of rotatable bonds is 5. The van der Waals surface area contributed by atoms with E-state index in [9.17, 15) is 0 Å². The number of nitrogens with two attached hydrogens (primary N) is 1. The summed E-state index contributed by atoms with van der Waals surface area (Å²) in [4.78, 5) is 0. The molecule has 0 aliphatic carbocycles. The lowest BCUT2D eigenvalue weighted by atomic mass is 10.0. The minimum absolute atomic E-state index is 0.0488. The van der Waals surface area contributed by atoms with E-state index >= 15 is 0 Å². The van der Waals surface area contributed by atoms with Crippen molar-refractivity contribution in [1.82, 2.24) is 0 Å². The first-order chi connectivity index (χ1) is 7.13. The van der Waals surface area contributed by atoms with Gasteiger partial charge in [0, 0.05) is 16.1 Å². The van der Waals surface area contributed by atoms with Gasteiger partial charge in [0.1, 0.15) is 0 Å². The molecule has 15 heavy (non-hydrogen) atoms. The van der Waals surface area contributed by atoms with E-state index < -0.39 is 0 Å². The van der Waals surface area contributed by atoms with Crippen LogP contribution in [0.15, 0.2) is 18.2 Å². The molecule has 0 fully saturated rings. The maximum absolute atomic E-state index is 6.06. The SMILES string of the molecule is CCCCC[C@H](N)c1cc(Cl)cc(Cl)c1. The fourth-order valence-corrected chi connectivity index (χ4v) is 2.11. The van der Waals surface area contributed by atoms with Crippen LogP contribution in [0.3, 0.4) is 0 Å². The number of halogens is 2. The molecule has 0 unspecified atom stereocenters. The normalized spacial score (nSPS) is 12.8. The largest absolute Gasteiger partial charge is 0.324 e. The van der Waals surface area contributed by atoms with E-state index in [1.165, 1.54) is 12.8 Å². The summed E-state index contributed by atoms with van der Waals surface area (Å²) in [6.07, 6.45) is 4.58. The van der Waals surface area contributed by atoms with Gasteiger partial charge in [-0.25, -0.2) is 0 Å². The molecule has 0 aliphatic heterocycles. The van der Waals surface area contributed by atoms with Crippen LogP contribution in [0.4, 0.5) is 0 Å². The second-order valence-corrected chi connectivity index (χ2v) is 4.68. The fraction of sp³-hybridized carbons (Fsp3) is 0.500. The van der Waals surface area contributed by atoms with Crippen molar-refractivity contribution in [3.63, 3.8) is 0 Å². The first kappa shape index (κ1) is 12.8. The summed E-state index contributed by atoms with van der Waals surface area (Å²) in [5, 5.41) is 1.31. The van der Waals surface area contributed by atoms with E-state index in [2.05, 4.69) is 6.92 Å². The minimum Gasteiger partial charge on any atom is -0.324 e. The third-order valence-electron chi connectivity index (χ3n) is 2.43. The van der Waals surface area contributed by atoms with Gasteiger partial charge >= 0.3 is 0 Å². The van der Waals surface area contributed by atoms with Crippen LogP contribution in [0, 0.1) is 0 Å². The van der Waals surface area contributed by atoms with E-state index in [0.29, 0.717) is 10.0 Å². The van der Waals surface area contributed by atoms with E-state index in [1.54, 1.807) is 6.07 Å². The molecular formula is C12H17Cl2N. The summed E-state index contributed by atoms with van der Waals surface area (Å²) in [5.41, 5.74) is 7.09. The summed E-state index contributed by atoms with van der Waals surface area (Å²) in [5.74, 6) is 0. The Labute approximate surface area is 102 Å². The van der Waals surface area contributed by atoms with Crippen molar-refractivity contribution in [3.8, 4) is 0 Å². The Kier molecular flexibility index (Phi) is 5.44. The highest BCUT2D eigenvalue weighted by atomic mass is 35.5. The quantitative estimate of drug-likeness (QED) is 0.756. The molecule has 1 aromatic rings. The van der Waals surface area contributed by atoms with Gasteiger partial charge in [-0.3, -0.25) is 0 Å². The second-order valence-electron chi connectivity index (χ2n) is 3.81. The molecule has 0 radical (unpaired) electrons. The zero-order chi connectivity index (χ0) is 11.3. The van der Waals surface area contributed by atoms with Crippen molar-refractivity contribution in [2.45, 2.75) is 38.6 Å². The minimum atomic E-state index is 0.0488. The molecule has 0 aromatic heterocycles. The predicted octanol–water partition coefficient (Wildman–Crippen LogP) is 4.57. The van der Waals surface area contributed by atoms with E-state index in [-0.39, 0.29) is 6.04 Å².